The Morgan fingerprint density at radius 3 is 2.50 bits per heavy atom. The molecular weight excluding hydrogens is 280 g/mol. The van der Waals surface area contributed by atoms with Crippen molar-refractivity contribution in [2.24, 2.45) is 5.92 Å². The Hall–Kier alpha value is -2.06. The summed E-state index contributed by atoms with van der Waals surface area (Å²) in [5.41, 5.74) is 1.54. The molecule has 3 rings (SSSR count). The number of rotatable bonds is 2. The largest absolute Gasteiger partial charge is 0.493 e. The molecule has 2 aliphatic rings. The molecule has 116 valence electrons. The number of fused-ring (bicyclic) bond motifs is 3. The highest BCUT2D eigenvalue weighted by atomic mass is 16.5. The van der Waals surface area contributed by atoms with E-state index in [4.69, 9.17) is 9.47 Å². The van der Waals surface area contributed by atoms with Crippen molar-refractivity contribution in [2.45, 2.75) is 31.8 Å². The molecule has 2 aliphatic heterocycles. The predicted octanol–water partition coefficient (Wildman–Crippen LogP) is 2.10. The highest BCUT2D eigenvalue weighted by Gasteiger charge is 2.55. The summed E-state index contributed by atoms with van der Waals surface area (Å²) >= 11 is 0. The van der Waals surface area contributed by atoms with Gasteiger partial charge < -0.3 is 9.47 Å². The maximum atomic E-state index is 12.6. The number of hydrogen-bond acceptors (Lipinski definition) is 5. The van der Waals surface area contributed by atoms with Gasteiger partial charge in [0.15, 0.2) is 17.3 Å². The van der Waals surface area contributed by atoms with Crippen LogP contribution in [0.4, 0.5) is 0 Å². The van der Waals surface area contributed by atoms with Crippen molar-refractivity contribution >= 4 is 5.78 Å². The molecule has 2 heterocycles. The number of methoxy groups -OCH3 is 2. The molecule has 1 aromatic rings. The van der Waals surface area contributed by atoms with Crippen LogP contribution < -0.4 is 9.47 Å². The fraction of sp³-hybridized carbons (Fsp3) is 0.529. The summed E-state index contributed by atoms with van der Waals surface area (Å²) < 4.78 is 10.7. The summed E-state index contributed by atoms with van der Waals surface area (Å²) in [7, 11) is 3.20. The van der Waals surface area contributed by atoms with Crippen LogP contribution >= 0.6 is 0 Å². The van der Waals surface area contributed by atoms with Gasteiger partial charge in [-0.25, -0.2) is 0 Å². The minimum atomic E-state index is -0.632. The molecule has 1 saturated heterocycles. The molecule has 5 heteroatoms. The molecule has 1 aromatic carbocycles. The van der Waals surface area contributed by atoms with Gasteiger partial charge in [0, 0.05) is 6.54 Å². The third-order valence-corrected chi connectivity index (χ3v) is 4.98. The lowest BCUT2D eigenvalue weighted by molar-refractivity contribution is -0.125. The van der Waals surface area contributed by atoms with Gasteiger partial charge in [-0.3, -0.25) is 9.69 Å². The molecule has 0 spiro atoms. The number of nitrogens with zero attached hydrogens (tertiary/aromatic N) is 2. The standard InChI is InChI=1S/C17H20N2O3/c1-17(2)16(20)12(9-18)15-11-8-14(22-4)13(21-3)7-10(11)5-6-19(15)17/h7-8,12,15H,5-6H2,1-4H3/t12-,15+/m0/s1. The Morgan fingerprint density at radius 1 is 1.27 bits per heavy atom. The minimum absolute atomic E-state index is 0.00244. The average molecular weight is 300 g/mol. The average Bonchev–Trinajstić information content (AvgIpc) is 2.72. The van der Waals surface area contributed by atoms with E-state index in [0.29, 0.717) is 11.5 Å². The number of carbonyl (C=O) groups excluding carboxylic acids is 1. The van der Waals surface area contributed by atoms with Crippen molar-refractivity contribution < 1.29 is 14.3 Å². The molecular formula is C17H20N2O3. The van der Waals surface area contributed by atoms with E-state index in [9.17, 15) is 10.1 Å². The quantitative estimate of drug-likeness (QED) is 0.837. The summed E-state index contributed by atoms with van der Waals surface area (Å²) in [6.07, 6.45) is 0.834. The molecule has 0 saturated carbocycles. The van der Waals surface area contributed by atoms with Crippen LogP contribution in [-0.4, -0.2) is 37.0 Å². The first-order valence-corrected chi connectivity index (χ1v) is 7.41. The number of ether oxygens (including phenoxy) is 2. The first-order chi connectivity index (χ1) is 10.5. The van der Waals surface area contributed by atoms with Gasteiger partial charge in [0.25, 0.3) is 0 Å². The molecule has 5 nitrogen and oxygen atoms in total. The van der Waals surface area contributed by atoms with Gasteiger partial charge in [-0.05, 0) is 43.5 Å². The predicted molar refractivity (Wildman–Crippen MR) is 80.9 cm³/mol. The van der Waals surface area contributed by atoms with Crippen molar-refractivity contribution in [3.63, 3.8) is 0 Å². The van der Waals surface area contributed by atoms with Crippen LogP contribution in [-0.2, 0) is 11.2 Å². The van der Waals surface area contributed by atoms with Crippen LogP contribution in [0.2, 0.25) is 0 Å². The van der Waals surface area contributed by atoms with Crippen molar-refractivity contribution in [1.82, 2.24) is 4.90 Å². The van der Waals surface area contributed by atoms with Gasteiger partial charge in [0.05, 0.1) is 31.9 Å². The van der Waals surface area contributed by atoms with E-state index < -0.39 is 11.5 Å². The van der Waals surface area contributed by atoms with Crippen LogP contribution in [0.25, 0.3) is 0 Å². The Kier molecular flexibility index (Phi) is 3.37. The van der Waals surface area contributed by atoms with Crippen LogP contribution in [0.15, 0.2) is 12.1 Å². The Labute approximate surface area is 130 Å². The van der Waals surface area contributed by atoms with Gasteiger partial charge in [-0.15, -0.1) is 0 Å². The van der Waals surface area contributed by atoms with Crippen molar-refractivity contribution in [3.05, 3.63) is 23.3 Å². The van der Waals surface area contributed by atoms with Crippen molar-refractivity contribution in [2.75, 3.05) is 20.8 Å². The van der Waals surface area contributed by atoms with Crippen molar-refractivity contribution in [3.8, 4) is 17.6 Å². The Balaban J connectivity index is 2.17. The lowest BCUT2D eigenvalue weighted by Gasteiger charge is -2.39. The van der Waals surface area contributed by atoms with Gasteiger partial charge in [-0.1, -0.05) is 0 Å². The summed E-state index contributed by atoms with van der Waals surface area (Å²) in [5, 5.41) is 9.51. The second-order valence-electron chi connectivity index (χ2n) is 6.32. The van der Waals surface area contributed by atoms with E-state index in [1.165, 1.54) is 0 Å². The molecule has 0 aromatic heterocycles. The number of benzene rings is 1. The van der Waals surface area contributed by atoms with Gasteiger partial charge in [0.2, 0.25) is 0 Å². The van der Waals surface area contributed by atoms with Crippen LogP contribution in [0.1, 0.15) is 31.0 Å². The smallest absolute Gasteiger partial charge is 0.171 e. The molecule has 0 N–H and O–H groups in total. The lowest BCUT2D eigenvalue weighted by Crippen LogP contribution is -2.46. The summed E-state index contributed by atoms with van der Waals surface area (Å²) in [6.45, 7) is 4.58. The first kappa shape index (κ1) is 14.9. The Bertz CT molecular complexity index is 675. The monoisotopic (exact) mass is 300 g/mol. The Morgan fingerprint density at radius 2 is 1.91 bits per heavy atom. The maximum absolute atomic E-state index is 12.6. The van der Waals surface area contributed by atoms with E-state index in [-0.39, 0.29) is 11.8 Å². The number of nitriles is 1. The van der Waals surface area contributed by atoms with E-state index in [1.807, 2.05) is 26.0 Å². The summed E-state index contributed by atoms with van der Waals surface area (Å²) in [6, 6.07) is 5.90. The van der Waals surface area contributed by atoms with Crippen LogP contribution in [0, 0.1) is 17.2 Å². The van der Waals surface area contributed by atoms with E-state index in [2.05, 4.69) is 11.0 Å². The number of Topliss-reactive ketones (excluding diaryl/α,β-unsaturated/α-hetero) is 1. The normalized spacial score (nSPS) is 26.0. The first-order valence-electron chi connectivity index (χ1n) is 7.41. The zero-order valence-electron chi connectivity index (χ0n) is 13.3. The second kappa shape index (κ2) is 4.99. The minimum Gasteiger partial charge on any atom is -0.493 e. The second-order valence-corrected chi connectivity index (χ2v) is 6.32. The summed E-state index contributed by atoms with van der Waals surface area (Å²) in [5.74, 6) is 0.693. The highest BCUT2D eigenvalue weighted by molar-refractivity contribution is 5.95. The number of ketones is 1. The zero-order valence-corrected chi connectivity index (χ0v) is 13.3. The van der Waals surface area contributed by atoms with Crippen LogP contribution in [0.3, 0.4) is 0 Å². The maximum Gasteiger partial charge on any atom is 0.171 e. The molecule has 0 amide bonds. The zero-order chi connectivity index (χ0) is 16.1. The molecule has 0 bridgehead atoms. The third-order valence-electron chi connectivity index (χ3n) is 4.98. The summed E-state index contributed by atoms with van der Waals surface area (Å²) in [4.78, 5) is 14.7. The number of carbonyl (C=O) groups is 1. The van der Waals surface area contributed by atoms with Crippen molar-refractivity contribution in [1.29, 1.82) is 5.26 Å². The molecule has 22 heavy (non-hydrogen) atoms. The third kappa shape index (κ3) is 1.84. The number of hydrogen-bond donors (Lipinski definition) is 0. The fourth-order valence-electron chi connectivity index (χ4n) is 3.76. The topological polar surface area (TPSA) is 62.6 Å². The SMILES string of the molecule is COc1cc2c(cc1OC)[C@@H]1[C@H](C#N)C(=O)C(C)(C)N1CC2. The van der Waals surface area contributed by atoms with Gasteiger partial charge in [0.1, 0.15) is 5.92 Å². The van der Waals surface area contributed by atoms with E-state index in [0.717, 1.165) is 24.1 Å². The van der Waals surface area contributed by atoms with E-state index in [1.54, 1.807) is 14.2 Å². The van der Waals surface area contributed by atoms with Crippen LogP contribution in [0.5, 0.6) is 11.5 Å². The van der Waals surface area contributed by atoms with Gasteiger partial charge in [-0.2, -0.15) is 5.26 Å². The molecule has 2 atom stereocenters. The lowest BCUT2D eigenvalue weighted by atomic mass is 9.86. The molecule has 1 fully saturated rings. The fourth-order valence-corrected chi connectivity index (χ4v) is 3.76. The molecule has 0 aliphatic carbocycles. The van der Waals surface area contributed by atoms with Gasteiger partial charge >= 0.3 is 0 Å². The van der Waals surface area contributed by atoms with E-state index >= 15 is 0 Å². The molecule has 0 unspecified atom stereocenters. The highest BCUT2D eigenvalue weighted by Crippen LogP contribution is 2.49. The molecule has 0 radical (unpaired) electrons.